The van der Waals surface area contributed by atoms with Crippen LogP contribution in [0.25, 0.3) is 0 Å². The predicted molar refractivity (Wildman–Crippen MR) is 60.5 cm³/mol. The summed E-state index contributed by atoms with van der Waals surface area (Å²) in [5, 5.41) is 3.40. The molecule has 0 radical (unpaired) electrons. The molecule has 0 atom stereocenters. The molecule has 0 spiro atoms. The summed E-state index contributed by atoms with van der Waals surface area (Å²) in [6, 6.07) is 1.72. The summed E-state index contributed by atoms with van der Waals surface area (Å²) in [6.45, 7) is 2.66. The number of nitrogens with one attached hydrogen (secondary N) is 1. The third-order valence-electron chi connectivity index (χ3n) is 4.03. The minimum absolute atomic E-state index is 0.787. The van der Waals surface area contributed by atoms with Gasteiger partial charge in [-0.2, -0.15) is 0 Å². The van der Waals surface area contributed by atoms with Gasteiger partial charge in [-0.3, -0.25) is 0 Å². The molecule has 2 aliphatic rings. The molecule has 82 valence electrons. The van der Waals surface area contributed by atoms with Gasteiger partial charge in [0.25, 0.3) is 0 Å². The zero-order valence-corrected chi connectivity index (χ0v) is 9.47. The number of rotatable bonds is 2. The molecule has 0 unspecified atom stereocenters. The van der Waals surface area contributed by atoms with Gasteiger partial charge in [-0.1, -0.05) is 19.3 Å². The number of piperidine rings is 1. The summed E-state index contributed by atoms with van der Waals surface area (Å²) in [7, 11) is 2.10. The first-order valence-corrected chi connectivity index (χ1v) is 6.31. The molecular weight excluding hydrogens is 172 g/mol. The molecule has 0 aromatic carbocycles. The van der Waals surface area contributed by atoms with Crippen molar-refractivity contribution in [2.45, 2.75) is 57.0 Å². The minimum atomic E-state index is 0.787. The molecule has 0 bridgehead atoms. The van der Waals surface area contributed by atoms with Crippen molar-refractivity contribution < 1.29 is 0 Å². The Morgan fingerprint density at radius 3 is 2.14 bits per heavy atom. The van der Waals surface area contributed by atoms with Crippen LogP contribution >= 0.6 is 0 Å². The monoisotopic (exact) mass is 196 g/mol. The number of nitrogens with zero attached hydrogens (tertiary/aromatic N) is 1. The smallest absolute Gasteiger partial charge is 0.00952 e. The third kappa shape index (κ3) is 2.48. The first-order chi connectivity index (χ1) is 6.90. The number of likely N-dealkylation sites (tertiary alicyclic amines) is 1. The van der Waals surface area contributed by atoms with Crippen LogP contribution in [0, 0.1) is 0 Å². The van der Waals surface area contributed by atoms with Crippen LogP contribution < -0.4 is 5.32 Å². The Kier molecular flexibility index (Phi) is 3.82. The third-order valence-corrected chi connectivity index (χ3v) is 4.03. The van der Waals surface area contributed by atoms with E-state index in [9.17, 15) is 0 Å². The lowest BCUT2D eigenvalue weighted by atomic mass is 9.92. The van der Waals surface area contributed by atoms with Gasteiger partial charge in [0.1, 0.15) is 0 Å². The molecule has 1 N–H and O–H groups in total. The van der Waals surface area contributed by atoms with Crippen LogP contribution in [0.1, 0.15) is 44.9 Å². The predicted octanol–water partition coefficient (Wildman–Crippen LogP) is 2.00. The van der Waals surface area contributed by atoms with Crippen molar-refractivity contribution in [1.82, 2.24) is 10.2 Å². The van der Waals surface area contributed by atoms with Crippen molar-refractivity contribution in [1.29, 1.82) is 0 Å². The van der Waals surface area contributed by atoms with Crippen LogP contribution in [0.3, 0.4) is 0 Å². The van der Waals surface area contributed by atoms with Crippen LogP contribution in [-0.4, -0.2) is 37.1 Å². The second-order valence-corrected chi connectivity index (χ2v) is 4.89. The Morgan fingerprint density at radius 1 is 0.929 bits per heavy atom. The number of hydrogen-bond donors (Lipinski definition) is 1. The first-order valence-electron chi connectivity index (χ1n) is 6.31. The van der Waals surface area contributed by atoms with E-state index in [-0.39, 0.29) is 0 Å². The Hall–Kier alpha value is -0.0800. The molecule has 2 heteroatoms. The summed E-state index contributed by atoms with van der Waals surface area (Å²) in [5.74, 6) is 0. The zero-order chi connectivity index (χ0) is 9.80. The fourth-order valence-corrected chi connectivity index (χ4v) is 3.00. The molecule has 1 saturated carbocycles. The minimum Gasteiger partial charge on any atom is -0.317 e. The van der Waals surface area contributed by atoms with E-state index in [0.717, 1.165) is 12.1 Å². The number of hydrogen-bond acceptors (Lipinski definition) is 2. The van der Waals surface area contributed by atoms with E-state index in [2.05, 4.69) is 17.3 Å². The molecule has 2 nitrogen and oxygen atoms in total. The lowest BCUT2D eigenvalue weighted by Crippen LogP contribution is -2.46. The van der Waals surface area contributed by atoms with Crippen molar-refractivity contribution in [2.24, 2.45) is 0 Å². The summed E-state index contributed by atoms with van der Waals surface area (Å²) in [4.78, 5) is 2.74. The van der Waals surface area contributed by atoms with Gasteiger partial charge in [0.2, 0.25) is 0 Å². The Morgan fingerprint density at radius 2 is 1.57 bits per heavy atom. The highest BCUT2D eigenvalue weighted by molar-refractivity contribution is 4.82. The maximum Gasteiger partial charge on any atom is 0.00952 e. The van der Waals surface area contributed by atoms with E-state index in [0.29, 0.717) is 0 Å². The van der Waals surface area contributed by atoms with Crippen LogP contribution in [0.4, 0.5) is 0 Å². The van der Waals surface area contributed by atoms with Gasteiger partial charge in [0.05, 0.1) is 0 Å². The average Bonchev–Trinajstić information content (AvgIpc) is 2.30. The molecule has 0 aromatic rings. The lowest BCUT2D eigenvalue weighted by molar-refractivity contribution is 0.117. The van der Waals surface area contributed by atoms with E-state index in [1.165, 1.54) is 58.0 Å². The van der Waals surface area contributed by atoms with Gasteiger partial charge in [-0.15, -0.1) is 0 Å². The normalized spacial score (nSPS) is 28.1. The molecule has 1 aliphatic heterocycles. The Balaban J connectivity index is 1.76. The first kappa shape index (κ1) is 10.4. The van der Waals surface area contributed by atoms with E-state index in [1.54, 1.807) is 0 Å². The summed E-state index contributed by atoms with van der Waals surface area (Å²) in [5.41, 5.74) is 0. The Bertz CT molecular complexity index is 156. The quantitative estimate of drug-likeness (QED) is 0.727. The van der Waals surface area contributed by atoms with Gasteiger partial charge in [-0.25, -0.2) is 0 Å². The van der Waals surface area contributed by atoms with Gasteiger partial charge in [0, 0.05) is 12.1 Å². The maximum absolute atomic E-state index is 3.40. The summed E-state index contributed by atoms with van der Waals surface area (Å²) < 4.78 is 0. The largest absolute Gasteiger partial charge is 0.317 e. The molecular formula is C12H24N2. The van der Waals surface area contributed by atoms with E-state index in [1.807, 2.05) is 0 Å². The van der Waals surface area contributed by atoms with Crippen LogP contribution in [0.2, 0.25) is 0 Å². The highest BCUT2D eigenvalue weighted by atomic mass is 15.2. The van der Waals surface area contributed by atoms with Crippen LogP contribution in [-0.2, 0) is 0 Å². The molecule has 14 heavy (non-hydrogen) atoms. The van der Waals surface area contributed by atoms with Crippen molar-refractivity contribution in [2.75, 3.05) is 20.1 Å². The molecule has 0 amide bonds. The maximum atomic E-state index is 3.40. The Labute approximate surface area is 88.1 Å². The lowest BCUT2D eigenvalue weighted by Gasteiger charge is -2.39. The van der Waals surface area contributed by atoms with Gasteiger partial charge in [-0.05, 0) is 45.8 Å². The highest BCUT2D eigenvalue weighted by Gasteiger charge is 2.25. The average molecular weight is 196 g/mol. The van der Waals surface area contributed by atoms with Crippen molar-refractivity contribution in [3.05, 3.63) is 0 Å². The van der Waals surface area contributed by atoms with Crippen molar-refractivity contribution in [3.63, 3.8) is 0 Å². The zero-order valence-electron chi connectivity index (χ0n) is 9.47. The second kappa shape index (κ2) is 5.13. The van der Waals surface area contributed by atoms with Gasteiger partial charge >= 0.3 is 0 Å². The molecule has 2 rings (SSSR count). The summed E-state index contributed by atoms with van der Waals surface area (Å²) >= 11 is 0. The van der Waals surface area contributed by atoms with E-state index in [4.69, 9.17) is 0 Å². The van der Waals surface area contributed by atoms with E-state index >= 15 is 0 Å². The molecule has 1 aliphatic carbocycles. The van der Waals surface area contributed by atoms with E-state index < -0.39 is 0 Å². The second-order valence-electron chi connectivity index (χ2n) is 4.89. The molecule has 1 heterocycles. The molecule has 2 fully saturated rings. The fourth-order valence-electron chi connectivity index (χ4n) is 3.00. The SMILES string of the molecule is CNC1CCN(C2CCCCC2)CC1. The van der Waals surface area contributed by atoms with Gasteiger partial charge in [0.15, 0.2) is 0 Å². The fraction of sp³-hybridized carbons (Fsp3) is 1.00. The molecule has 0 aromatic heterocycles. The van der Waals surface area contributed by atoms with Gasteiger partial charge < -0.3 is 10.2 Å². The molecule has 1 saturated heterocycles. The van der Waals surface area contributed by atoms with Crippen molar-refractivity contribution >= 4 is 0 Å². The van der Waals surface area contributed by atoms with Crippen LogP contribution in [0.15, 0.2) is 0 Å². The summed E-state index contributed by atoms with van der Waals surface area (Å²) in [6.07, 6.45) is 10.0. The topological polar surface area (TPSA) is 15.3 Å². The standard InChI is InChI=1S/C12H24N2/c1-13-11-7-9-14(10-8-11)12-5-3-2-4-6-12/h11-13H,2-10H2,1H3. The highest BCUT2D eigenvalue weighted by Crippen LogP contribution is 2.25. The van der Waals surface area contributed by atoms with Crippen LogP contribution in [0.5, 0.6) is 0 Å². The van der Waals surface area contributed by atoms with Crippen molar-refractivity contribution in [3.8, 4) is 0 Å².